The van der Waals surface area contributed by atoms with Gasteiger partial charge in [-0.25, -0.2) is 4.98 Å². The van der Waals surface area contributed by atoms with Crippen LogP contribution in [-0.4, -0.2) is 40.8 Å². The topological polar surface area (TPSA) is 91.5 Å². The Hall–Kier alpha value is -1.89. The summed E-state index contributed by atoms with van der Waals surface area (Å²) in [7, 11) is 1.83. The number of hydrogen-bond donors (Lipinski definition) is 2. The molecule has 0 aromatic carbocycles. The second-order valence-corrected chi connectivity index (χ2v) is 5.39. The number of anilines is 2. The number of aromatic nitrogens is 1. The predicted octanol–water partition coefficient (Wildman–Crippen LogP) is 2.16. The Bertz CT molecular complexity index is 509. The van der Waals surface area contributed by atoms with E-state index in [9.17, 15) is 15.2 Å². The zero-order valence-electron chi connectivity index (χ0n) is 12.5. The zero-order valence-corrected chi connectivity index (χ0v) is 12.5. The van der Waals surface area contributed by atoms with Crippen LogP contribution in [0.5, 0.6) is 0 Å². The highest BCUT2D eigenvalue weighted by Crippen LogP contribution is 2.29. The first-order valence-electron chi connectivity index (χ1n) is 7.34. The fourth-order valence-corrected chi connectivity index (χ4v) is 2.77. The summed E-state index contributed by atoms with van der Waals surface area (Å²) in [6, 6.07) is 2.85. The molecule has 1 saturated carbocycles. The van der Waals surface area contributed by atoms with Crippen LogP contribution in [0, 0.1) is 10.1 Å². The highest BCUT2D eigenvalue weighted by molar-refractivity contribution is 5.56. The van der Waals surface area contributed by atoms with Gasteiger partial charge >= 0.3 is 0 Å². The molecule has 7 heteroatoms. The van der Waals surface area contributed by atoms with Crippen LogP contribution in [-0.2, 0) is 0 Å². The van der Waals surface area contributed by atoms with Crippen molar-refractivity contribution in [2.24, 2.45) is 0 Å². The molecule has 0 bridgehead atoms. The van der Waals surface area contributed by atoms with Crippen molar-refractivity contribution in [2.75, 3.05) is 23.8 Å². The van der Waals surface area contributed by atoms with E-state index in [-0.39, 0.29) is 11.7 Å². The second kappa shape index (κ2) is 6.71. The monoisotopic (exact) mass is 294 g/mol. The van der Waals surface area contributed by atoms with E-state index in [0.29, 0.717) is 18.2 Å². The maximum atomic E-state index is 11.1. The third kappa shape index (κ3) is 3.60. The Balaban J connectivity index is 2.30. The lowest BCUT2D eigenvalue weighted by Crippen LogP contribution is -2.43. The Labute approximate surface area is 124 Å². The van der Waals surface area contributed by atoms with E-state index in [4.69, 9.17) is 0 Å². The zero-order chi connectivity index (χ0) is 15.4. The van der Waals surface area contributed by atoms with E-state index in [1.165, 1.54) is 12.1 Å². The molecule has 1 aromatic rings. The van der Waals surface area contributed by atoms with Gasteiger partial charge in [0.2, 0.25) is 0 Å². The van der Waals surface area contributed by atoms with Crippen molar-refractivity contribution < 1.29 is 10.0 Å². The number of hydrogen-bond acceptors (Lipinski definition) is 6. The number of nitrogens with zero attached hydrogens (tertiary/aromatic N) is 3. The highest BCUT2D eigenvalue weighted by atomic mass is 16.6. The molecule has 1 aromatic heterocycles. The van der Waals surface area contributed by atoms with Crippen LogP contribution in [0.15, 0.2) is 12.1 Å². The molecule has 116 valence electrons. The SMILES string of the molecule is CCNc1cc([N+](=O)[O-])cc(N(C)C2CCCCC2O)n1. The van der Waals surface area contributed by atoms with Crippen LogP contribution in [0.1, 0.15) is 32.6 Å². The minimum Gasteiger partial charge on any atom is -0.391 e. The van der Waals surface area contributed by atoms with Gasteiger partial charge in [0.15, 0.2) is 0 Å². The molecule has 21 heavy (non-hydrogen) atoms. The van der Waals surface area contributed by atoms with Crippen molar-refractivity contribution in [3.8, 4) is 0 Å². The molecule has 0 saturated heterocycles. The van der Waals surface area contributed by atoms with Gasteiger partial charge in [0, 0.05) is 13.6 Å². The van der Waals surface area contributed by atoms with Gasteiger partial charge in [-0.15, -0.1) is 0 Å². The first-order valence-corrected chi connectivity index (χ1v) is 7.34. The summed E-state index contributed by atoms with van der Waals surface area (Å²) in [6.45, 7) is 2.55. The lowest BCUT2D eigenvalue weighted by atomic mass is 9.91. The van der Waals surface area contributed by atoms with Gasteiger partial charge < -0.3 is 15.3 Å². The average Bonchev–Trinajstić information content (AvgIpc) is 2.47. The summed E-state index contributed by atoms with van der Waals surface area (Å²) >= 11 is 0. The van der Waals surface area contributed by atoms with Gasteiger partial charge in [0.1, 0.15) is 11.6 Å². The molecule has 0 aliphatic heterocycles. The number of aliphatic hydroxyl groups is 1. The molecule has 7 nitrogen and oxygen atoms in total. The van der Waals surface area contributed by atoms with E-state index in [1.54, 1.807) is 0 Å². The summed E-state index contributed by atoms with van der Waals surface area (Å²) in [6.07, 6.45) is 3.31. The van der Waals surface area contributed by atoms with E-state index >= 15 is 0 Å². The van der Waals surface area contributed by atoms with E-state index < -0.39 is 11.0 Å². The van der Waals surface area contributed by atoms with Crippen molar-refractivity contribution in [1.82, 2.24) is 4.98 Å². The van der Waals surface area contributed by atoms with E-state index in [2.05, 4.69) is 10.3 Å². The molecule has 2 unspecified atom stereocenters. The molecule has 1 aliphatic rings. The second-order valence-electron chi connectivity index (χ2n) is 5.39. The predicted molar refractivity (Wildman–Crippen MR) is 81.7 cm³/mol. The van der Waals surface area contributed by atoms with Crippen molar-refractivity contribution in [3.05, 3.63) is 22.2 Å². The summed E-state index contributed by atoms with van der Waals surface area (Å²) in [4.78, 5) is 16.9. The average molecular weight is 294 g/mol. The first kappa shape index (κ1) is 15.5. The lowest BCUT2D eigenvalue weighted by Gasteiger charge is -2.35. The van der Waals surface area contributed by atoms with Crippen LogP contribution < -0.4 is 10.2 Å². The minimum absolute atomic E-state index is 0.00750. The lowest BCUT2D eigenvalue weighted by molar-refractivity contribution is -0.384. The quantitative estimate of drug-likeness (QED) is 0.638. The van der Waals surface area contributed by atoms with Crippen molar-refractivity contribution in [3.63, 3.8) is 0 Å². The van der Waals surface area contributed by atoms with Gasteiger partial charge in [0.05, 0.1) is 29.2 Å². The van der Waals surface area contributed by atoms with Gasteiger partial charge in [-0.05, 0) is 19.8 Å². The maximum absolute atomic E-state index is 11.1. The molecule has 1 fully saturated rings. The standard InChI is InChI=1S/C14H22N4O3/c1-3-15-13-8-10(18(20)21)9-14(16-13)17(2)11-6-4-5-7-12(11)19/h8-9,11-12,19H,3-7H2,1-2H3,(H,15,16). The Morgan fingerprint density at radius 3 is 2.81 bits per heavy atom. The van der Waals surface area contributed by atoms with Crippen molar-refractivity contribution >= 4 is 17.3 Å². The van der Waals surface area contributed by atoms with Gasteiger partial charge in [-0.1, -0.05) is 12.8 Å². The molecule has 2 rings (SSSR count). The Morgan fingerprint density at radius 1 is 1.48 bits per heavy atom. The molecule has 2 N–H and O–H groups in total. The number of rotatable bonds is 5. The summed E-state index contributed by atoms with van der Waals surface area (Å²) < 4.78 is 0. The van der Waals surface area contributed by atoms with E-state index in [0.717, 1.165) is 25.7 Å². The molecular weight excluding hydrogens is 272 g/mol. The molecule has 0 spiro atoms. The van der Waals surface area contributed by atoms with Crippen LogP contribution in [0.3, 0.4) is 0 Å². The van der Waals surface area contributed by atoms with Crippen LogP contribution >= 0.6 is 0 Å². The Morgan fingerprint density at radius 2 is 2.19 bits per heavy atom. The summed E-state index contributed by atoms with van der Waals surface area (Å²) in [5.74, 6) is 1.00. The molecule has 1 heterocycles. The number of pyridine rings is 1. The minimum atomic E-state index is -0.419. The molecule has 1 aliphatic carbocycles. The molecular formula is C14H22N4O3. The van der Waals surface area contributed by atoms with Gasteiger partial charge in [-0.3, -0.25) is 10.1 Å². The summed E-state index contributed by atoms with van der Waals surface area (Å²) in [5.41, 5.74) is 0.00750. The van der Waals surface area contributed by atoms with Crippen molar-refractivity contribution in [1.29, 1.82) is 0 Å². The largest absolute Gasteiger partial charge is 0.391 e. The fraction of sp³-hybridized carbons (Fsp3) is 0.643. The highest BCUT2D eigenvalue weighted by Gasteiger charge is 2.28. The number of likely N-dealkylation sites (N-methyl/N-ethyl adjacent to an activating group) is 1. The van der Waals surface area contributed by atoms with Crippen LogP contribution in [0.4, 0.5) is 17.3 Å². The third-order valence-electron chi connectivity index (χ3n) is 3.92. The normalized spacial score (nSPS) is 21.9. The fourth-order valence-electron chi connectivity index (χ4n) is 2.77. The van der Waals surface area contributed by atoms with Gasteiger partial charge in [-0.2, -0.15) is 0 Å². The van der Waals surface area contributed by atoms with Crippen LogP contribution in [0.2, 0.25) is 0 Å². The third-order valence-corrected chi connectivity index (χ3v) is 3.92. The number of aliphatic hydroxyl groups excluding tert-OH is 1. The summed E-state index contributed by atoms with van der Waals surface area (Å²) in [5, 5.41) is 24.2. The number of nitrogens with one attached hydrogen (secondary N) is 1. The molecule has 2 atom stereocenters. The van der Waals surface area contributed by atoms with E-state index in [1.807, 2.05) is 18.9 Å². The molecule has 0 amide bonds. The van der Waals surface area contributed by atoms with Crippen LogP contribution in [0.25, 0.3) is 0 Å². The van der Waals surface area contributed by atoms with Crippen molar-refractivity contribution in [2.45, 2.75) is 44.8 Å². The van der Waals surface area contributed by atoms with Gasteiger partial charge in [0.25, 0.3) is 5.69 Å². The maximum Gasteiger partial charge on any atom is 0.276 e. The molecule has 0 radical (unpaired) electrons. The number of nitro groups is 1. The Kier molecular flexibility index (Phi) is 4.95. The smallest absolute Gasteiger partial charge is 0.276 e. The first-order chi connectivity index (χ1) is 10.0.